The number of hydrogen-bond donors (Lipinski definition) is 1. The molecule has 0 aromatic carbocycles. The van der Waals surface area contributed by atoms with Gasteiger partial charge in [0.25, 0.3) is 5.91 Å². The van der Waals surface area contributed by atoms with Crippen molar-refractivity contribution in [2.75, 3.05) is 13.1 Å². The molecule has 1 saturated carbocycles. The Morgan fingerprint density at radius 2 is 2.00 bits per heavy atom. The molecule has 0 spiro atoms. The van der Waals surface area contributed by atoms with Gasteiger partial charge in [0.15, 0.2) is 5.65 Å². The van der Waals surface area contributed by atoms with Gasteiger partial charge in [0, 0.05) is 30.9 Å². The maximum Gasteiger partial charge on any atom is 0.274 e. The molecular weight excluding hydrogens is 328 g/mol. The summed E-state index contributed by atoms with van der Waals surface area (Å²) in [6.45, 7) is 7.80. The number of pyridine rings is 1. The molecule has 3 aromatic rings. The van der Waals surface area contributed by atoms with Crippen molar-refractivity contribution in [2.24, 2.45) is 11.8 Å². The number of fused-ring (bicyclic) bond motifs is 2. The monoisotopic (exact) mass is 350 g/mol. The second-order valence-corrected chi connectivity index (χ2v) is 7.92. The second kappa shape index (κ2) is 5.40. The smallest absolute Gasteiger partial charge is 0.274 e. The fraction of sp³-hybridized carbons (Fsp3) is 0.474. The number of hydrogen-bond acceptors (Lipinski definition) is 4. The summed E-state index contributed by atoms with van der Waals surface area (Å²) in [6.07, 6.45) is 2.10. The number of carbonyl (C=O) groups excluding carboxylic acids is 1. The van der Waals surface area contributed by atoms with Gasteiger partial charge in [0.2, 0.25) is 0 Å². The van der Waals surface area contributed by atoms with E-state index in [-0.39, 0.29) is 5.91 Å². The van der Waals surface area contributed by atoms with Crippen molar-refractivity contribution in [2.45, 2.75) is 32.6 Å². The van der Waals surface area contributed by atoms with E-state index in [9.17, 15) is 4.79 Å². The summed E-state index contributed by atoms with van der Waals surface area (Å²) < 4.78 is 2.10. The largest absolute Gasteiger partial charge is 0.337 e. The fourth-order valence-corrected chi connectivity index (χ4v) is 4.22. The van der Waals surface area contributed by atoms with Gasteiger partial charge in [-0.05, 0) is 42.4 Å². The van der Waals surface area contributed by atoms with Crippen LogP contribution in [0.2, 0.25) is 0 Å². The third-order valence-electron chi connectivity index (χ3n) is 5.79. The average molecular weight is 350 g/mol. The molecule has 2 aliphatic rings. The first-order valence-electron chi connectivity index (χ1n) is 9.19. The molecule has 2 fully saturated rings. The van der Waals surface area contributed by atoms with Crippen LogP contribution in [0.25, 0.3) is 5.65 Å². The molecule has 1 aliphatic carbocycles. The number of aromatic amines is 1. The van der Waals surface area contributed by atoms with Crippen LogP contribution in [0.3, 0.4) is 0 Å². The first-order valence-corrected chi connectivity index (χ1v) is 9.19. The van der Waals surface area contributed by atoms with E-state index in [1.54, 1.807) is 0 Å². The van der Waals surface area contributed by atoms with Gasteiger partial charge in [0.05, 0.1) is 0 Å². The van der Waals surface area contributed by atoms with E-state index in [1.165, 1.54) is 5.56 Å². The molecule has 0 radical (unpaired) electrons. The number of nitrogens with zero attached hydrogens (tertiary/aromatic N) is 5. The standard InChI is InChI=1S/C19H22N6O/c1-10(2)14-6-15(21-20-14)19(26)24-8-12-13(9-24)17(12)18-23-22-16-5-4-11(3)7-25(16)18/h4-7,10,12-13,17H,8-9H2,1-3H3,(H,20,21)/t12-,13+,17?. The van der Waals surface area contributed by atoms with E-state index in [1.807, 2.05) is 17.0 Å². The highest BCUT2D eigenvalue weighted by molar-refractivity contribution is 5.92. The summed E-state index contributed by atoms with van der Waals surface area (Å²) in [6, 6.07) is 5.93. The van der Waals surface area contributed by atoms with Gasteiger partial charge in [-0.15, -0.1) is 10.2 Å². The Kier molecular flexibility index (Phi) is 3.23. The minimum Gasteiger partial charge on any atom is -0.337 e. The molecule has 1 N–H and O–H groups in total. The molecule has 1 amide bonds. The summed E-state index contributed by atoms with van der Waals surface area (Å²) in [5, 5.41) is 15.9. The predicted octanol–water partition coefficient (Wildman–Crippen LogP) is 2.37. The van der Waals surface area contributed by atoms with E-state index in [2.05, 4.69) is 57.8 Å². The van der Waals surface area contributed by atoms with Gasteiger partial charge in [-0.1, -0.05) is 19.9 Å². The summed E-state index contributed by atoms with van der Waals surface area (Å²) in [4.78, 5) is 14.6. The number of likely N-dealkylation sites (tertiary alicyclic amines) is 1. The Morgan fingerprint density at radius 3 is 2.69 bits per heavy atom. The fourth-order valence-electron chi connectivity index (χ4n) is 4.22. The van der Waals surface area contributed by atoms with Crippen molar-refractivity contribution in [3.05, 3.63) is 47.2 Å². The molecule has 3 aromatic heterocycles. The number of amides is 1. The lowest BCUT2D eigenvalue weighted by Crippen LogP contribution is -2.31. The first-order chi connectivity index (χ1) is 12.5. The van der Waals surface area contributed by atoms with E-state index in [4.69, 9.17) is 0 Å². The molecule has 5 rings (SSSR count). The van der Waals surface area contributed by atoms with E-state index in [0.29, 0.717) is 29.4 Å². The molecular formula is C19H22N6O. The number of aromatic nitrogens is 5. The van der Waals surface area contributed by atoms with Crippen molar-refractivity contribution >= 4 is 11.6 Å². The number of nitrogens with one attached hydrogen (secondary N) is 1. The third-order valence-corrected chi connectivity index (χ3v) is 5.79. The van der Waals surface area contributed by atoms with Crippen LogP contribution in [0.15, 0.2) is 24.4 Å². The molecule has 7 heteroatoms. The van der Waals surface area contributed by atoms with Crippen molar-refractivity contribution in [1.82, 2.24) is 29.7 Å². The minimum absolute atomic E-state index is 0.0287. The van der Waals surface area contributed by atoms with Crippen LogP contribution in [0.4, 0.5) is 0 Å². The first kappa shape index (κ1) is 15.5. The highest BCUT2D eigenvalue weighted by Gasteiger charge is 2.59. The lowest BCUT2D eigenvalue weighted by Gasteiger charge is -2.18. The van der Waals surface area contributed by atoms with Crippen molar-refractivity contribution in [1.29, 1.82) is 0 Å². The van der Waals surface area contributed by atoms with Gasteiger partial charge in [0.1, 0.15) is 11.5 Å². The lowest BCUT2D eigenvalue weighted by atomic mass is 10.1. The van der Waals surface area contributed by atoms with Gasteiger partial charge < -0.3 is 4.90 Å². The summed E-state index contributed by atoms with van der Waals surface area (Å²) in [7, 11) is 0. The molecule has 0 bridgehead atoms. The Hall–Kier alpha value is -2.70. The van der Waals surface area contributed by atoms with Gasteiger partial charge in [-0.25, -0.2) is 0 Å². The van der Waals surface area contributed by atoms with Crippen molar-refractivity contribution in [3.8, 4) is 0 Å². The molecule has 7 nitrogen and oxygen atoms in total. The zero-order valence-electron chi connectivity index (χ0n) is 15.2. The molecule has 1 saturated heterocycles. The van der Waals surface area contributed by atoms with Crippen LogP contribution in [0, 0.1) is 18.8 Å². The maximum atomic E-state index is 12.7. The van der Waals surface area contributed by atoms with E-state index in [0.717, 1.165) is 30.3 Å². The van der Waals surface area contributed by atoms with Crippen LogP contribution in [-0.2, 0) is 0 Å². The Balaban J connectivity index is 1.32. The van der Waals surface area contributed by atoms with E-state index >= 15 is 0 Å². The van der Waals surface area contributed by atoms with Crippen molar-refractivity contribution in [3.63, 3.8) is 0 Å². The van der Waals surface area contributed by atoms with Crippen LogP contribution in [0.1, 0.15) is 53.3 Å². The Labute approximate surface area is 151 Å². The summed E-state index contributed by atoms with van der Waals surface area (Å²) in [5.74, 6) is 2.77. The highest BCUT2D eigenvalue weighted by atomic mass is 16.2. The molecule has 1 unspecified atom stereocenters. The van der Waals surface area contributed by atoms with Crippen LogP contribution in [-0.4, -0.2) is 48.7 Å². The summed E-state index contributed by atoms with van der Waals surface area (Å²) >= 11 is 0. The van der Waals surface area contributed by atoms with Gasteiger partial charge >= 0.3 is 0 Å². The zero-order chi connectivity index (χ0) is 18.0. The number of carbonyl (C=O) groups is 1. The molecule has 26 heavy (non-hydrogen) atoms. The Morgan fingerprint density at radius 1 is 1.23 bits per heavy atom. The molecule has 134 valence electrons. The lowest BCUT2D eigenvalue weighted by molar-refractivity contribution is 0.0766. The second-order valence-electron chi connectivity index (χ2n) is 7.92. The number of aryl methyl sites for hydroxylation is 1. The van der Waals surface area contributed by atoms with Crippen LogP contribution < -0.4 is 0 Å². The van der Waals surface area contributed by atoms with Crippen LogP contribution in [0.5, 0.6) is 0 Å². The molecule has 3 atom stereocenters. The Bertz CT molecular complexity index is 991. The van der Waals surface area contributed by atoms with Crippen molar-refractivity contribution < 1.29 is 4.79 Å². The molecule has 4 heterocycles. The number of piperidine rings is 1. The summed E-state index contributed by atoms with van der Waals surface area (Å²) in [5.41, 5.74) is 3.61. The van der Waals surface area contributed by atoms with E-state index < -0.39 is 0 Å². The normalized spacial score (nSPS) is 24.5. The maximum absolute atomic E-state index is 12.7. The average Bonchev–Trinajstić information content (AvgIpc) is 3.10. The quantitative estimate of drug-likeness (QED) is 0.786. The number of rotatable bonds is 3. The highest BCUT2D eigenvalue weighted by Crippen LogP contribution is 2.57. The minimum atomic E-state index is 0.0287. The zero-order valence-corrected chi connectivity index (χ0v) is 15.2. The SMILES string of the molecule is Cc1ccc2nnc(C3[C@H]4CN(C(=O)c5cc(C(C)C)[nH]n5)C[C@@H]34)n2c1. The third kappa shape index (κ3) is 2.26. The van der Waals surface area contributed by atoms with Gasteiger partial charge in [-0.2, -0.15) is 5.10 Å². The predicted molar refractivity (Wildman–Crippen MR) is 96.0 cm³/mol. The van der Waals surface area contributed by atoms with Crippen LogP contribution >= 0.6 is 0 Å². The molecule has 1 aliphatic heterocycles. The van der Waals surface area contributed by atoms with Gasteiger partial charge in [-0.3, -0.25) is 14.3 Å². The number of H-pyrrole nitrogens is 1. The topological polar surface area (TPSA) is 79.2 Å².